The first-order chi connectivity index (χ1) is 8.33. The van der Waals surface area contributed by atoms with Gasteiger partial charge in [0.05, 0.1) is 6.61 Å². The Morgan fingerprint density at radius 1 is 1.29 bits per heavy atom. The molecular weight excluding hydrogens is 218 g/mol. The lowest BCUT2D eigenvalue weighted by Crippen LogP contribution is -2.26. The molecule has 0 unspecified atom stereocenters. The molecule has 0 aliphatic heterocycles. The van der Waals surface area contributed by atoms with E-state index in [0.717, 1.165) is 19.1 Å². The fraction of sp³-hybridized carbons (Fsp3) is 0.385. The number of benzene rings is 1. The van der Waals surface area contributed by atoms with Gasteiger partial charge in [-0.3, -0.25) is 0 Å². The third-order valence-electron chi connectivity index (χ3n) is 2.22. The number of aryl methyl sites for hydroxylation is 1. The van der Waals surface area contributed by atoms with Gasteiger partial charge in [-0.15, -0.1) is 0 Å². The van der Waals surface area contributed by atoms with E-state index in [2.05, 4.69) is 17.4 Å². The molecule has 0 bridgehead atoms. The molecule has 0 atom stereocenters. The monoisotopic (exact) mass is 235 g/mol. The second kappa shape index (κ2) is 8.33. The van der Waals surface area contributed by atoms with E-state index in [1.54, 1.807) is 0 Å². The molecule has 0 aliphatic rings. The molecule has 4 heteroatoms. The predicted molar refractivity (Wildman–Crippen MR) is 64.8 cm³/mol. The standard InChI is InChI=1S/C13H17NO3/c15-10-5-11-17-13(16)14-9-4-8-12-6-2-1-3-7-12/h1-3,6-7,10H,4-5,8-9,11H2,(H,14,16). The first kappa shape index (κ1) is 13.2. The van der Waals surface area contributed by atoms with Crippen LogP contribution in [0.4, 0.5) is 4.79 Å². The maximum absolute atomic E-state index is 11.1. The predicted octanol–water partition coefficient (Wildman–Crippen LogP) is 1.93. The Labute approximate surface area is 101 Å². The number of aldehydes is 1. The van der Waals surface area contributed by atoms with E-state index < -0.39 is 6.09 Å². The van der Waals surface area contributed by atoms with Crippen LogP contribution in [0.3, 0.4) is 0 Å². The summed E-state index contributed by atoms with van der Waals surface area (Å²) in [7, 11) is 0. The Morgan fingerprint density at radius 3 is 2.76 bits per heavy atom. The molecule has 0 aromatic heterocycles. The van der Waals surface area contributed by atoms with Crippen LogP contribution in [0.5, 0.6) is 0 Å². The van der Waals surface area contributed by atoms with Crippen LogP contribution < -0.4 is 5.32 Å². The van der Waals surface area contributed by atoms with Crippen LogP contribution in [-0.4, -0.2) is 25.5 Å². The number of nitrogens with one attached hydrogen (secondary N) is 1. The van der Waals surface area contributed by atoms with E-state index in [1.165, 1.54) is 5.56 Å². The number of carbonyl (C=O) groups is 2. The molecule has 1 aromatic carbocycles. The molecule has 0 heterocycles. The van der Waals surface area contributed by atoms with Gasteiger partial charge in [-0.1, -0.05) is 30.3 Å². The van der Waals surface area contributed by atoms with Crippen molar-refractivity contribution < 1.29 is 14.3 Å². The smallest absolute Gasteiger partial charge is 0.407 e. The molecule has 0 fully saturated rings. The topological polar surface area (TPSA) is 55.4 Å². The van der Waals surface area contributed by atoms with Crippen molar-refractivity contribution in [3.8, 4) is 0 Å². The van der Waals surface area contributed by atoms with Gasteiger partial charge in [-0.25, -0.2) is 4.79 Å². The number of carbonyl (C=O) groups excluding carboxylic acids is 2. The normalized spacial score (nSPS) is 9.65. The second-order valence-electron chi connectivity index (χ2n) is 3.61. The number of amides is 1. The van der Waals surface area contributed by atoms with Gasteiger partial charge >= 0.3 is 6.09 Å². The van der Waals surface area contributed by atoms with Gasteiger partial charge in [0.15, 0.2) is 0 Å². The maximum Gasteiger partial charge on any atom is 0.407 e. The lowest BCUT2D eigenvalue weighted by molar-refractivity contribution is -0.108. The Morgan fingerprint density at radius 2 is 2.06 bits per heavy atom. The Bertz CT molecular complexity index is 338. The van der Waals surface area contributed by atoms with Crippen LogP contribution in [0, 0.1) is 0 Å². The molecule has 1 N–H and O–H groups in total. The molecule has 1 rings (SSSR count). The summed E-state index contributed by atoms with van der Waals surface area (Å²) in [6.45, 7) is 0.725. The van der Waals surface area contributed by atoms with Crippen molar-refractivity contribution in [1.29, 1.82) is 0 Å². The first-order valence-electron chi connectivity index (χ1n) is 5.71. The number of ether oxygens (including phenoxy) is 1. The molecule has 0 saturated carbocycles. The minimum Gasteiger partial charge on any atom is -0.449 e. The summed E-state index contributed by atoms with van der Waals surface area (Å²) in [6.07, 6.45) is 2.31. The molecule has 17 heavy (non-hydrogen) atoms. The van der Waals surface area contributed by atoms with Gasteiger partial charge in [0.1, 0.15) is 6.29 Å². The fourth-order valence-corrected chi connectivity index (χ4v) is 1.38. The van der Waals surface area contributed by atoms with Crippen LogP contribution in [0.1, 0.15) is 18.4 Å². The van der Waals surface area contributed by atoms with Crippen molar-refractivity contribution in [1.82, 2.24) is 5.32 Å². The minimum atomic E-state index is -0.458. The Hall–Kier alpha value is -1.84. The van der Waals surface area contributed by atoms with Gasteiger partial charge in [0, 0.05) is 13.0 Å². The average Bonchev–Trinajstić information content (AvgIpc) is 2.36. The quantitative estimate of drug-likeness (QED) is 0.580. The lowest BCUT2D eigenvalue weighted by Gasteiger charge is -2.05. The van der Waals surface area contributed by atoms with Crippen LogP contribution in [0.15, 0.2) is 30.3 Å². The van der Waals surface area contributed by atoms with E-state index in [9.17, 15) is 9.59 Å². The van der Waals surface area contributed by atoms with Crippen molar-refractivity contribution in [2.45, 2.75) is 19.3 Å². The van der Waals surface area contributed by atoms with Gasteiger partial charge in [0.25, 0.3) is 0 Å². The van der Waals surface area contributed by atoms with Gasteiger partial charge in [0.2, 0.25) is 0 Å². The summed E-state index contributed by atoms with van der Waals surface area (Å²) in [4.78, 5) is 21.1. The summed E-state index contributed by atoms with van der Waals surface area (Å²) in [5.41, 5.74) is 1.25. The van der Waals surface area contributed by atoms with Crippen molar-refractivity contribution in [3.05, 3.63) is 35.9 Å². The highest BCUT2D eigenvalue weighted by atomic mass is 16.5. The third kappa shape index (κ3) is 6.35. The minimum absolute atomic E-state index is 0.147. The Kier molecular flexibility index (Phi) is 6.48. The SMILES string of the molecule is O=CCCOC(=O)NCCCc1ccccc1. The van der Waals surface area contributed by atoms with Crippen LogP contribution in [-0.2, 0) is 16.0 Å². The summed E-state index contributed by atoms with van der Waals surface area (Å²) < 4.78 is 4.75. The molecule has 92 valence electrons. The maximum atomic E-state index is 11.1. The van der Waals surface area contributed by atoms with Crippen LogP contribution in [0.25, 0.3) is 0 Å². The summed E-state index contributed by atoms with van der Waals surface area (Å²) in [5.74, 6) is 0. The molecular formula is C13H17NO3. The molecule has 0 spiro atoms. The molecule has 0 aliphatic carbocycles. The van der Waals surface area contributed by atoms with Crippen LogP contribution >= 0.6 is 0 Å². The number of hydrogen-bond acceptors (Lipinski definition) is 3. The third-order valence-corrected chi connectivity index (χ3v) is 2.22. The zero-order valence-electron chi connectivity index (χ0n) is 9.72. The zero-order valence-corrected chi connectivity index (χ0v) is 9.72. The van der Waals surface area contributed by atoms with E-state index in [-0.39, 0.29) is 13.0 Å². The summed E-state index contributed by atoms with van der Waals surface area (Å²) in [5, 5.41) is 2.63. The summed E-state index contributed by atoms with van der Waals surface area (Å²) >= 11 is 0. The van der Waals surface area contributed by atoms with Gasteiger partial charge in [-0.05, 0) is 18.4 Å². The van der Waals surface area contributed by atoms with Crippen molar-refractivity contribution in [2.75, 3.05) is 13.2 Å². The van der Waals surface area contributed by atoms with Gasteiger partial charge < -0.3 is 14.8 Å². The molecule has 1 aromatic rings. The van der Waals surface area contributed by atoms with E-state index >= 15 is 0 Å². The number of hydrogen-bond donors (Lipinski definition) is 1. The highest BCUT2D eigenvalue weighted by Gasteiger charge is 2.00. The first-order valence-corrected chi connectivity index (χ1v) is 5.71. The van der Waals surface area contributed by atoms with Crippen molar-refractivity contribution in [2.24, 2.45) is 0 Å². The van der Waals surface area contributed by atoms with Crippen molar-refractivity contribution in [3.63, 3.8) is 0 Å². The zero-order chi connectivity index (χ0) is 12.3. The second-order valence-corrected chi connectivity index (χ2v) is 3.61. The van der Waals surface area contributed by atoms with Crippen LogP contribution in [0.2, 0.25) is 0 Å². The largest absolute Gasteiger partial charge is 0.449 e. The number of rotatable bonds is 7. The molecule has 1 amide bonds. The molecule has 4 nitrogen and oxygen atoms in total. The van der Waals surface area contributed by atoms with Gasteiger partial charge in [-0.2, -0.15) is 0 Å². The fourth-order valence-electron chi connectivity index (χ4n) is 1.38. The number of alkyl carbamates (subject to hydrolysis) is 1. The highest BCUT2D eigenvalue weighted by Crippen LogP contribution is 2.01. The molecule has 0 radical (unpaired) electrons. The Balaban J connectivity index is 2.04. The highest BCUT2D eigenvalue weighted by molar-refractivity contribution is 5.67. The van der Waals surface area contributed by atoms with E-state index in [0.29, 0.717) is 6.54 Å². The van der Waals surface area contributed by atoms with Crippen molar-refractivity contribution >= 4 is 12.4 Å². The van der Waals surface area contributed by atoms with E-state index in [4.69, 9.17) is 4.74 Å². The molecule has 0 saturated heterocycles. The van der Waals surface area contributed by atoms with E-state index in [1.807, 2.05) is 18.2 Å². The summed E-state index contributed by atoms with van der Waals surface area (Å²) in [6, 6.07) is 10.1. The average molecular weight is 235 g/mol. The lowest BCUT2D eigenvalue weighted by atomic mass is 10.1.